The number of nitrogens with one attached hydrogen (secondary N) is 2. The van der Waals surface area contributed by atoms with Gasteiger partial charge in [-0.1, -0.05) is 33.1 Å². The minimum Gasteiger partial charge on any atom is -0.379 e. The van der Waals surface area contributed by atoms with Gasteiger partial charge >= 0.3 is 0 Å². The second-order valence-electron chi connectivity index (χ2n) is 8.55. The van der Waals surface area contributed by atoms with Gasteiger partial charge in [0.25, 0.3) is 0 Å². The van der Waals surface area contributed by atoms with Crippen LogP contribution in [0.2, 0.25) is 0 Å². The molecule has 6 nitrogen and oxygen atoms in total. The number of guanidine groups is 1. The van der Waals surface area contributed by atoms with Crippen molar-refractivity contribution in [2.24, 2.45) is 10.4 Å². The molecule has 0 bridgehead atoms. The van der Waals surface area contributed by atoms with Crippen LogP contribution in [0.25, 0.3) is 0 Å². The van der Waals surface area contributed by atoms with Gasteiger partial charge in [0.05, 0.1) is 25.5 Å². The number of aliphatic imine (C=N–C) groups is 1. The van der Waals surface area contributed by atoms with E-state index < -0.39 is 0 Å². The summed E-state index contributed by atoms with van der Waals surface area (Å²) in [5.41, 5.74) is 1.52. The fourth-order valence-corrected chi connectivity index (χ4v) is 5.14. The molecular formula is C21H38IN5OS. The van der Waals surface area contributed by atoms with Crippen molar-refractivity contribution < 1.29 is 4.74 Å². The van der Waals surface area contributed by atoms with Crippen LogP contribution in [0.3, 0.4) is 0 Å². The zero-order valence-corrected chi connectivity index (χ0v) is 21.4. The van der Waals surface area contributed by atoms with Crippen molar-refractivity contribution >= 4 is 41.3 Å². The average Bonchev–Trinajstić information content (AvgIpc) is 3.19. The molecule has 2 heterocycles. The van der Waals surface area contributed by atoms with Gasteiger partial charge in [0.15, 0.2) is 5.96 Å². The summed E-state index contributed by atoms with van der Waals surface area (Å²) in [6, 6.07) is 0. The van der Waals surface area contributed by atoms with Crippen molar-refractivity contribution in [2.75, 3.05) is 46.4 Å². The summed E-state index contributed by atoms with van der Waals surface area (Å²) in [6.07, 6.45) is 6.67. The molecule has 2 aliphatic rings. The van der Waals surface area contributed by atoms with Crippen LogP contribution in [0.5, 0.6) is 0 Å². The van der Waals surface area contributed by atoms with Crippen LogP contribution in [0.1, 0.15) is 62.6 Å². The molecule has 1 saturated heterocycles. The van der Waals surface area contributed by atoms with Crippen molar-refractivity contribution in [3.63, 3.8) is 0 Å². The fraction of sp³-hybridized carbons (Fsp3) is 0.810. The van der Waals surface area contributed by atoms with Gasteiger partial charge in [-0.3, -0.25) is 9.89 Å². The highest BCUT2D eigenvalue weighted by Crippen LogP contribution is 2.36. The number of morpholine rings is 1. The second kappa shape index (κ2) is 12.4. The lowest BCUT2D eigenvalue weighted by atomic mass is 9.73. The number of hydrogen-bond donors (Lipinski definition) is 2. The Labute approximate surface area is 197 Å². The zero-order valence-electron chi connectivity index (χ0n) is 18.2. The SMILES string of the molecule is CN=C(NCc1nc(C(C)C)cs1)NCC1(CN2CCOCC2)CCCCC1.I. The Morgan fingerprint density at radius 2 is 1.97 bits per heavy atom. The monoisotopic (exact) mass is 535 g/mol. The molecule has 3 rings (SSSR count). The Kier molecular flexibility index (Phi) is 10.6. The van der Waals surface area contributed by atoms with Crippen LogP contribution in [-0.2, 0) is 11.3 Å². The smallest absolute Gasteiger partial charge is 0.191 e. The topological polar surface area (TPSA) is 61.8 Å². The Bertz CT molecular complexity index is 624. The highest BCUT2D eigenvalue weighted by Gasteiger charge is 2.34. The molecular weight excluding hydrogens is 497 g/mol. The molecule has 1 saturated carbocycles. The van der Waals surface area contributed by atoms with Crippen molar-refractivity contribution in [3.05, 3.63) is 16.1 Å². The highest BCUT2D eigenvalue weighted by atomic mass is 127. The van der Waals surface area contributed by atoms with Gasteiger partial charge < -0.3 is 15.4 Å². The van der Waals surface area contributed by atoms with Gasteiger partial charge in [-0.05, 0) is 18.8 Å². The van der Waals surface area contributed by atoms with E-state index in [2.05, 4.69) is 39.8 Å². The van der Waals surface area contributed by atoms with E-state index in [9.17, 15) is 0 Å². The van der Waals surface area contributed by atoms with Crippen molar-refractivity contribution in [1.82, 2.24) is 20.5 Å². The molecule has 0 amide bonds. The molecule has 0 spiro atoms. The predicted octanol–water partition coefficient (Wildman–Crippen LogP) is 3.83. The van der Waals surface area contributed by atoms with Crippen LogP contribution in [-0.4, -0.2) is 62.3 Å². The van der Waals surface area contributed by atoms with E-state index in [1.807, 2.05) is 7.05 Å². The van der Waals surface area contributed by atoms with E-state index in [1.54, 1.807) is 11.3 Å². The molecule has 0 aromatic carbocycles. The largest absolute Gasteiger partial charge is 0.379 e. The van der Waals surface area contributed by atoms with E-state index in [1.165, 1.54) is 44.3 Å². The third-order valence-electron chi connectivity index (χ3n) is 6.00. The lowest BCUT2D eigenvalue weighted by molar-refractivity contribution is 0.00820. The van der Waals surface area contributed by atoms with Gasteiger partial charge in [0.2, 0.25) is 0 Å². The van der Waals surface area contributed by atoms with E-state index >= 15 is 0 Å². The van der Waals surface area contributed by atoms with Crippen LogP contribution in [0.15, 0.2) is 10.4 Å². The minimum absolute atomic E-state index is 0. The summed E-state index contributed by atoms with van der Waals surface area (Å²) < 4.78 is 5.54. The molecule has 2 fully saturated rings. The van der Waals surface area contributed by atoms with Gasteiger partial charge in [-0.25, -0.2) is 4.98 Å². The predicted molar refractivity (Wildman–Crippen MR) is 133 cm³/mol. The number of rotatable bonds is 7. The Morgan fingerprint density at radius 3 is 2.59 bits per heavy atom. The first-order valence-electron chi connectivity index (χ1n) is 10.8. The maximum atomic E-state index is 5.54. The summed E-state index contributed by atoms with van der Waals surface area (Å²) in [6.45, 7) is 11.1. The quantitative estimate of drug-likeness (QED) is 0.316. The first-order chi connectivity index (χ1) is 13.6. The van der Waals surface area contributed by atoms with E-state index in [4.69, 9.17) is 9.72 Å². The molecule has 29 heavy (non-hydrogen) atoms. The Hall–Kier alpha value is -0.450. The van der Waals surface area contributed by atoms with Crippen LogP contribution in [0, 0.1) is 5.41 Å². The van der Waals surface area contributed by atoms with E-state index in [0.29, 0.717) is 11.3 Å². The highest BCUT2D eigenvalue weighted by molar-refractivity contribution is 14.0. The number of hydrogen-bond acceptors (Lipinski definition) is 5. The number of aromatic nitrogens is 1. The van der Waals surface area contributed by atoms with Gasteiger partial charge in [-0.2, -0.15) is 0 Å². The molecule has 8 heteroatoms. The maximum absolute atomic E-state index is 5.54. The second-order valence-corrected chi connectivity index (χ2v) is 9.49. The number of thiazole rings is 1. The van der Waals surface area contributed by atoms with Crippen LogP contribution >= 0.6 is 35.3 Å². The summed E-state index contributed by atoms with van der Waals surface area (Å²) in [5.74, 6) is 1.36. The standard InChI is InChI=1S/C21H37N5OS.HI/c1-17(2)18-14-28-19(25-18)13-23-20(22-3)24-15-21(7-5-4-6-8-21)16-26-9-11-27-12-10-26;/h14,17H,4-13,15-16H2,1-3H3,(H2,22,23,24);1H. The molecule has 1 aliphatic carbocycles. The lowest BCUT2D eigenvalue weighted by Crippen LogP contribution is -2.51. The molecule has 0 radical (unpaired) electrons. The number of nitrogens with zero attached hydrogens (tertiary/aromatic N) is 3. The van der Waals surface area contributed by atoms with E-state index in [-0.39, 0.29) is 24.0 Å². The van der Waals surface area contributed by atoms with Crippen LogP contribution in [0.4, 0.5) is 0 Å². The van der Waals surface area contributed by atoms with Crippen LogP contribution < -0.4 is 10.6 Å². The number of halogens is 1. The average molecular weight is 536 g/mol. The summed E-state index contributed by atoms with van der Waals surface area (Å²) in [7, 11) is 1.85. The third kappa shape index (κ3) is 7.63. The lowest BCUT2D eigenvalue weighted by Gasteiger charge is -2.42. The number of ether oxygens (including phenoxy) is 1. The van der Waals surface area contributed by atoms with Crippen molar-refractivity contribution in [2.45, 2.75) is 58.4 Å². The Balaban J connectivity index is 0.00000300. The molecule has 0 atom stereocenters. The van der Waals surface area contributed by atoms with Gasteiger partial charge in [-0.15, -0.1) is 35.3 Å². The summed E-state index contributed by atoms with van der Waals surface area (Å²) >= 11 is 1.72. The molecule has 0 unspecified atom stereocenters. The van der Waals surface area contributed by atoms with Crippen molar-refractivity contribution in [3.8, 4) is 0 Å². The molecule has 1 aliphatic heterocycles. The summed E-state index contributed by atoms with van der Waals surface area (Å²) in [4.78, 5) is 11.7. The molecule has 166 valence electrons. The third-order valence-corrected chi connectivity index (χ3v) is 6.87. The van der Waals surface area contributed by atoms with E-state index in [0.717, 1.165) is 50.4 Å². The fourth-order valence-electron chi connectivity index (χ4n) is 4.25. The first-order valence-corrected chi connectivity index (χ1v) is 11.7. The van der Waals surface area contributed by atoms with Crippen molar-refractivity contribution in [1.29, 1.82) is 0 Å². The maximum Gasteiger partial charge on any atom is 0.191 e. The summed E-state index contributed by atoms with van der Waals surface area (Å²) in [5, 5.41) is 10.4. The molecule has 1 aromatic rings. The zero-order chi connectivity index (χ0) is 19.8. The normalized spacial score (nSPS) is 20.3. The Morgan fingerprint density at radius 1 is 1.24 bits per heavy atom. The van der Waals surface area contributed by atoms with Gasteiger partial charge in [0, 0.05) is 44.0 Å². The van der Waals surface area contributed by atoms with Gasteiger partial charge in [0.1, 0.15) is 5.01 Å². The first kappa shape index (κ1) is 24.8. The molecule has 2 N–H and O–H groups in total. The minimum atomic E-state index is 0. The molecule has 1 aromatic heterocycles.